The van der Waals surface area contributed by atoms with Gasteiger partial charge in [-0.2, -0.15) is 0 Å². The number of rotatable bonds is 0. The number of carbonyl (C=O) groups excluding carboxylic acids is 2. The fourth-order valence-corrected chi connectivity index (χ4v) is 7.04. The van der Waals surface area contributed by atoms with Crippen LogP contribution in [0.15, 0.2) is 11.1 Å². The molecule has 4 atom stereocenters. The van der Waals surface area contributed by atoms with E-state index in [1.165, 1.54) is 0 Å². The van der Waals surface area contributed by atoms with Crippen molar-refractivity contribution in [2.45, 2.75) is 52.0 Å². The first-order valence-corrected chi connectivity index (χ1v) is 8.64. The first-order valence-electron chi connectivity index (χ1n) is 7.36. The van der Waals surface area contributed by atoms with E-state index in [4.69, 9.17) is 4.74 Å². The molecule has 0 spiro atoms. The lowest BCUT2D eigenvalue weighted by atomic mass is 9.64. The fourth-order valence-electron chi connectivity index (χ4n) is 4.16. The maximum absolute atomic E-state index is 12.9. The molecule has 3 aliphatic heterocycles. The molecule has 3 aliphatic rings. The summed E-state index contributed by atoms with van der Waals surface area (Å²) >= 11 is 0. The summed E-state index contributed by atoms with van der Waals surface area (Å²) in [5.74, 6) is -2.05. The zero-order valence-corrected chi connectivity index (χ0v) is 14.2. The van der Waals surface area contributed by atoms with E-state index < -0.39 is 34.6 Å². The molecular weight excluding hydrogens is 288 g/mol. The highest BCUT2D eigenvalue weighted by molar-refractivity contribution is 7.87. The zero-order valence-electron chi connectivity index (χ0n) is 13.4. The lowest BCUT2D eigenvalue weighted by Crippen LogP contribution is -2.38. The van der Waals surface area contributed by atoms with E-state index >= 15 is 0 Å². The molecule has 0 aliphatic carbocycles. The van der Waals surface area contributed by atoms with E-state index in [1.807, 2.05) is 0 Å². The molecule has 0 aromatic heterocycles. The van der Waals surface area contributed by atoms with Gasteiger partial charge in [-0.15, -0.1) is 0 Å². The van der Waals surface area contributed by atoms with Gasteiger partial charge in [0.2, 0.25) is 0 Å². The van der Waals surface area contributed by atoms with Crippen molar-refractivity contribution in [2.24, 2.45) is 22.7 Å². The summed E-state index contributed by atoms with van der Waals surface area (Å²) in [7, 11) is -1.20. The molecule has 5 heteroatoms. The molecule has 3 rings (SSSR count). The van der Waals surface area contributed by atoms with Crippen molar-refractivity contribution in [3.8, 4) is 0 Å². The first-order chi connectivity index (χ1) is 9.46. The average molecular weight is 310 g/mol. The number of hydrogen-bond donors (Lipinski definition) is 0. The van der Waals surface area contributed by atoms with Gasteiger partial charge >= 0.3 is 11.9 Å². The normalized spacial score (nSPS) is 39.0. The van der Waals surface area contributed by atoms with Crippen LogP contribution in [0.25, 0.3) is 0 Å². The van der Waals surface area contributed by atoms with Crippen molar-refractivity contribution in [2.75, 3.05) is 0 Å². The van der Waals surface area contributed by atoms with Crippen molar-refractivity contribution in [3.63, 3.8) is 0 Å². The molecule has 0 radical (unpaired) electrons. The van der Waals surface area contributed by atoms with E-state index in [9.17, 15) is 13.8 Å². The monoisotopic (exact) mass is 310 g/mol. The van der Waals surface area contributed by atoms with Crippen LogP contribution in [0.2, 0.25) is 0 Å². The third-order valence-corrected chi connectivity index (χ3v) is 6.82. The molecule has 3 heterocycles. The summed E-state index contributed by atoms with van der Waals surface area (Å²) in [4.78, 5) is 24.1. The number of cyclic esters (lactones) is 2. The number of ether oxygens (including phenoxy) is 1. The number of hydrogen-bond acceptors (Lipinski definition) is 4. The predicted octanol–water partition coefficient (Wildman–Crippen LogP) is 2.20. The van der Waals surface area contributed by atoms with Gasteiger partial charge in [0.15, 0.2) is 0 Å². The highest BCUT2D eigenvalue weighted by Gasteiger charge is 2.69. The summed E-state index contributed by atoms with van der Waals surface area (Å²) in [6, 6.07) is 0. The topological polar surface area (TPSA) is 60.4 Å². The van der Waals surface area contributed by atoms with Gasteiger partial charge in [-0.1, -0.05) is 41.5 Å². The Labute approximate surface area is 127 Å². The molecule has 2 saturated heterocycles. The molecule has 0 saturated carbocycles. The van der Waals surface area contributed by atoms with Crippen LogP contribution in [0.4, 0.5) is 0 Å². The Balaban J connectivity index is 2.25. The molecule has 116 valence electrons. The Kier molecular flexibility index (Phi) is 2.89. The van der Waals surface area contributed by atoms with Gasteiger partial charge in [-0.25, -0.2) is 0 Å². The lowest BCUT2D eigenvalue weighted by Gasteiger charge is -2.37. The predicted molar refractivity (Wildman–Crippen MR) is 79.7 cm³/mol. The zero-order chi connectivity index (χ0) is 15.9. The number of carbonyl (C=O) groups is 2. The van der Waals surface area contributed by atoms with Crippen LogP contribution in [0.3, 0.4) is 0 Å². The van der Waals surface area contributed by atoms with Crippen LogP contribution in [0.1, 0.15) is 41.5 Å². The molecule has 4 unspecified atom stereocenters. The number of fused-ring (bicyclic) bond motifs is 5. The average Bonchev–Trinajstić information content (AvgIpc) is 2.85. The van der Waals surface area contributed by atoms with E-state index in [0.29, 0.717) is 0 Å². The van der Waals surface area contributed by atoms with E-state index in [0.717, 1.165) is 11.1 Å². The number of esters is 2. The SMILES string of the molecule is CC(C)(C)C1=C(C(C)(C)C)C2C3C(=O)OC(=O)C3C1S2=O. The van der Waals surface area contributed by atoms with Gasteiger partial charge in [0.05, 0.1) is 22.3 Å². The van der Waals surface area contributed by atoms with Crippen molar-refractivity contribution in [1.82, 2.24) is 0 Å². The van der Waals surface area contributed by atoms with Crippen LogP contribution in [0.5, 0.6) is 0 Å². The standard InChI is InChI=1S/C16H22O4S/c1-15(2,3)9-10(16(4,5)6)12-8-7(11(9)21(12)19)13(17)20-14(8)18/h7-8,11-12H,1-6H3. The van der Waals surface area contributed by atoms with Gasteiger partial charge in [0, 0.05) is 10.8 Å². The molecule has 2 bridgehead atoms. The van der Waals surface area contributed by atoms with Crippen LogP contribution >= 0.6 is 0 Å². The van der Waals surface area contributed by atoms with Gasteiger partial charge in [0.25, 0.3) is 0 Å². The summed E-state index contributed by atoms with van der Waals surface area (Å²) in [6.45, 7) is 12.5. The van der Waals surface area contributed by atoms with Crippen molar-refractivity contribution < 1.29 is 18.5 Å². The molecule has 2 fully saturated rings. The van der Waals surface area contributed by atoms with E-state index in [2.05, 4.69) is 41.5 Å². The lowest BCUT2D eigenvalue weighted by molar-refractivity contribution is -0.153. The Morgan fingerprint density at radius 2 is 1.14 bits per heavy atom. The quantitative estimate of drug-likeness (QED) is 0.391. The van der Waals surface area contributed by atoms with E-state index in [-0.39, 0.29) is 21.3 Å². The molecule has 0 amide bonds. The van der Waals surface area contributed by atoms with Crippen molar-refractivity contribution in [1.29, 1.82) is 0 Å². The minimum Gasteiger partial charge on any atom is -0.393 e. The minimum atomic E-state index is -1.20. The highest BCUT2D eigenvalue weighted by Crippen LogP contribution is 2.60. The van der Waals surface area contributed by atoms with Crippen LogP contribution < -0.4 is 0 Å². The van der Waals surface area contributed by atoms with E-state index in [1.54, 1.807) is 0 Å². The molecule has 4 nitrogen and oxygen atoms in total. The Bertz CT molecular complexity index is 553. The smallest absolute Gasteiger partial charge is 0.319 e. The van der Waals surface area contributed by atoms with Crippen LogP contribution in [0, 0.1) is 22.7 Å². The van der Waals surface area contributed by atoms with Gasteiger partial charge in [-0.3, -0.25) is 13.8 Å². The Morgan fingerprint density at radius 3 is 1.43 bits per heavy atom. The second kappa shape index (κ2) is 4.06. The second-order valence-electron chi connectivity index (χ2n) is 8.29. The van der Waals surface area contributed by atoms with Gasteiger partial charge < -0.3 is 4.74 Å². The summed E-state index contributed by atoms with van der Waals surface area (Å²) in [6.07, 6.45) is 0. The summed E-state index contributed by atoms with van der Waals surface area (Å²) in [5, 5.41) is -0.707. The summed E-state index contributed by atoms with van der Waals surface area (Å²) in [5.41, 5.74) is 1.86. The molecule has 0 aromatic carbocycles. The summed E-state index contributed by atoms with van der Waals surface area (Å²) < 4.78 is 17.7. The Hall–Kier alpha value is -0.970. The largest absolute Gasteiger partial charge is 0.393 e. The Morgan fingerprint density at radius 1 is 0.810 bits per heavy atom. The molecule has 21 heavy (non-hydrogen) atoms. The maximum Gasteiger partial charge on any atom is 0.319 e. The van der Waals surface area contributed by atoms with Crippen molar-refractivity contribution >= 4 is 22.7 Å². The second-order valence-corrected chi connectivity index (χ2v) is 9.96. The fraction of sp³-hybridized carbons (Fsp3) is 0.750. The third-order valence-electron chi connectivity index (χ3n) is 4.76. The van der Waals surface area contributed by atoms with Crippen LogP contribution in [-0.2, 0) is 25.1 Å². The van der Waals surface area contributed by atoms with Crippen LogP contribution in [-0.4, -0.2) is 26.6 Å². The first kappa shape index (κ1) is 14.9. The third kappa shape index (κ3) is 1.82. The van der Waals surface area contributed by atoms with Crippen molar-refractivity contribution in [3.05, 3.63) is 11.1 Å². The maximum atomic E-state index is 12.9. The highest BCUT2D eigenvalue weighted by atomic mass is 32.2. The van der Waals surface area contributed by atoms with Gasteiger partial charge in [0.1, 0.15) is 0 Å². The molecular formula is C16H22O4S. The minimum absolute atomic E-state index is 0.172. The molecule has 0 aromatic rings. The molecule has 0 N–H and O–H groups in total. The van der Waals surface area contributed by atoms with Gasteiger partial charge in [-0.05, 0) is 22.0 Å².